The minimum Gasteiger partial charge on any atom is -0.293 e. The third kappa shape index (κ3) is 8.61. The Balaban J connectivity index is 0.000000359. The van der Waals surface area contributed by atoms with Gasteiger partial charge < -0.3 is 0 Å². The first kappa shape index (κ1) is 22.4. The fourth-order valence-corrected chi connectivity index (χ4v) is 3.44. The van der Waals surface area contributed by atoms with Crippen molar-refractivity contribution >= 4 is 17.5 Å². The van der Waals surface area contributed by atoms with Crippen molar-refractivity contribution in [2.45, 2.75) is 64.0 Å². The highest BCUT2D eigenvalue weighted by Gasteiger charge is 2.05. The van der Waals surface area contributed by atoms with Gasteiger partial charge in [0, 0.05) is 17.6 Å². The number of carbonyl (C=O) groups is 1. The van der Waals surface area contributed by atoms with Crippen LogP contribution in [-0.4, -0.2) is 10.8 Å². The molecule has 0 aliphatic heterocycles. The average molecular weight is 376 g/mol. The molecule has 0 amide bonds. The zero-order valence-electron chi connectivity index (χ0n) is 16.3. The highest BCUT2D eigenvalue weighted by molar-refractivity contribution is 7.98. The van der Waals surface area contributed by atoms with Crippen molar-refractivity contribution in [3.63, 3.8) is 0 Å². The normalized spacial score (nSPS) is 10.4. The number of Topliss-reactive ketones (excluding diaryl/α,β-unsaturated/α-hetero) is 1. The van der Waals surface area contributed by atoms with Crippen molar-refractivity contribution < 1.29 is 9.18 Å². The molecule has 4 heteroatoms. The van der Waals surface area contributed by atoms with Gasteiger partial charge in [-0.15, -0.1) is 11.8 Å². The summed E-state index contributed by atoms with van der Waals surface area (Å²) >= 11 is 1.37. The second kappa shape index (κ2) is 12.6. The zero-order chi connectivity index (χ0) is 19.4. The van der Waals surface area contributed by atoms with Gasteiger partial charge in [0.1, 0.15) is 11.5 Å². The van der Waals surface area contributed by atoms with Gasteiger partial charge in [0.25, 0.3) is 0 Å². The summed E-state index contributed by atoms with van der Waals surface area (Å²) in [6.07, 6.45) is 5.52. The van der Waals surface area contributed by atoms with Crippen molar-refractivity contribution in [1.82, 2.24) is 4.98 Å². The molecule has 0 atom stereocenters. The van der Waals surface area contributed by atoms with Crippen LogP contribution < -0.4 is 0 Å². The number of carbonyl (C=O) groups excluding carboxylic acids is 1. The summed E-state index contributed by atoms with van der Waals surface area (Å²) in [4.78, 5) is 16.0. The molecule has 0 saturated heterocycles. The zero-order valence-corrected chi connectivity index (χ0v) is 17.1. The number of pyridine rings is 1. The van der Waals surface area contributed by atoms with E-state index in [0.717, 1.165) is 11.6 Å². The molecule has 2 rings (SSSR count). The summed E-state index contributed by atoms with van der Waals surface area (Å²) in [5, 5.41) is 0. The standard InChI is InChI=1S/C14H12FNOS.C8H18/c1-10(17)13-7-4-5-11(16-13)9-18-14-8-3-2-6-12(14)15;1-4-6-8(3)7-5-2/h2-8H,9H2,1H3;8H,4-7H2,1-3H3. The molecule has 0 aliphatic carbocycles. The van der Waals surface area contributed by atoms with E-state index in [-0.39, 0.29) is 11.6 Å². The summed E-state index contributed by atoms with van der Waals surface area (Å²) in [6.45, 7) is 8.33. The second-order valence-electron chi connectivity index (χ2n) is 6.47. The number of halogens is 1. The number of hydrogen-bond acceptors (Lipinski definition) is 3. The Bertz CT molecular complexity index is 669. The summed E-state index contributed by atoms with van der Waals surface area (Å²) < 4.78 is 13.4. The van der Waals surface area contributed by atoms with E-state index in [0.29, 0.717) is 16.3 Å². The minimum atomic E-state index is -0.231. The number of benzene rings is 1. The lowest BCUT2D eigenvalue weighted by molar-refractivity contribution is 0.101. The van der Waals surface area contributed by atoms with Gasteiger partial charge in [-0.2, -0.15) is 0 Å². The predicted octanol–water partition coefficient (Wildman–Crippen LogP) is 6.94. The highest BCUT2D eigenvalue weighted by Crippen LogP contribution is 2.24. The summed E-state index contributed by atoms with van der Waals surface area (Å²) in [7, 11) is 0. The van der Waals surface area contributed by atoms with E-state index in [4.69, 9.17) is 0 Å². The quantitative estimate of drug-likeness (QED) is 0.370. The van der Waals surface area contributed by atoms with Gasteiger partial charge in [-0.1, -0.05) is 64.7 Å². The Kier molecular flexibility index (Phi) is 10.9. The number of rotatable bonds is 8. The van der Waals surface area contributed by atoms with Gasteiger partial charge in [0.15, 0.2) is 5.78 Å². The topological polar surface area (TPSA) is 30.0 Å². The lowest BCUT2D eigenvalue weighted by Crippen LogP contribution is -1.98. The number of hydrogen-bond donors (Lipinski definition) is 0. The molecular weight excluding hydrogens is 345 g/mol. The minimum absolute atomic E-state index is 0.0623. The SMILES string of the molecule is CC(=O)c1cccc(CSc2ccccc2F)n1.CCCC(C)CCC. The Hall–Kier alpha value is -1.68. The van der Waals surface area contributed by atoms with E-state index in [1.54, 1.807) is 30.3 Å². The largest absolute Gasteiger partial charge is 0.293 e. The maximum absolute atomic E-state index is 13.4. The molecule has 26 heavy (non-hydrogen) atoms. The van der Waals surface area contributed by atoms with Crippen LogP contribution in [0.15, 0.2) is 47.4 Å². The second-order valence-corrected chi connectivity index (χ2v) is 7.49. The van der Waals surface area contributed by atoms with Crippen LogP contribution in [0, 0.1) is 11.7 Å². The Morgan fingerprint density at radius 3 is 2.31 bits per heavy atom. The van der Waals surface area contributed by atoms with Crippen molar-refractivity contribution in [3.8, 4) is 0 Å². The number of thioether (sulfide) groups is 1. The first-order valence-corrected chi connectivity index (χ1v) is 10.3. The van der Waals surface area contributed by atoms with Gasteiger partial charge in [-0.05, 0) is 30.2 Å². The van der Waals surface area contributed by atoms with E-state index < -0.39 is 0 Å². The molecule has 2 aromatic rings. The summed E-state index contributed by atoms with van der Waals surface area (Å²) in [6, 6.07) is 11.9. The Morgan fingerprint density at radius 2 is 1.73 bits per heavy atom. The Labute approximate surface area is 161 Å². The van der Waals surface area contributed by atoms with Gasteiger partial charge in [-0.25, -0.2) is 9.37 Å². The summed E-state index contributed by atoms with van der Waals surface area (Å²) in [5.74, 6) is 1.21. The van der Waals surface area contributed by atoms with Crippen LogP contribution in [0.4, 0.5) is 4.39 Å². The van der Waals surface area contributed by atoms with E-state index in [1.807, 2.05) is 6.07 Å². The molecule has 142 valence electrons. The van der Waals surface area contributed by atoms with Crippen LogP contribution >= 0.6 is 11.8 Å². The first-order chi connectivity index (χ1) is 12.5. The average Bonchev–Trinajstić information content (AvgIpc) is 2.62. The van der Waals surface area contributed by atoms with E-state index in [9.17, 15) is 9.18 Å². The lowest BCUT2D eigenvalue weighted by Gasteiger charge is -2.05. The number of nitrogens with zero attached hydrogens (tertiary/aromatic N) is 1. The molecule has 0 aliphatic rings. The number of aromatic nitrogens is 1. The van der Waals surface area contributed by atoms with Crippen molar-refractivity contribution in [1.29, 1.82) is 0 Å². The maximum atomic E-state index is 13.4. The lowest BCUT2D eigenvalue weighted by atomic mass is 10.0. The maximum Gasteiger partial charge on any atom is 0.178 e. The van der Waals surface area contributed by atoms with Crippen LogP contribution in [0.2, 0.25) is 0 Å². The van der Waals surface area contributed by atoms with Gasteiger partial charge in [-0.3, -0.25) is 4.79 Å². The smallest absolute Gasteiger partial charge is 0.178 e. The first-order valence-electron chi connectivity index (χ1n) is 9.32. The van der Waals surface area contributed by atoms with Gasteiger partial charge >= 0.3 is 0 Å². The fraction of sp³-hybridized carbons (Fsp3) is 0.455. The van der Waals surface area contributed by atoms with Crippen LogP contribution in [0.25, 0.3) is 0 Å². The molecule has 0 spiro atoms. The van der Waals surface area contributed by atoms with Crippen LogP contribution in [0.3, 0.4) is 0 Å². The van der Waals surface area contributed by atoms with E-state index in [2.05, 4.69) is 25.8 Å². The van der Waals surface area contributed by atoms with Gasteiger partial charge in [0.2, 0.25) is 0 Å². The third-order valence-corrected chi connectivity index (χ3v) is 5.02. The highest BCUT2D eigenvalue weighted by atomic mass is 32.2. The monoisotopic (exact) mass is 375 g/mol. The molecule has 1 heterocycles. The molecule has 0 N–H and O–H groups in total. The molecule has 0 fully saturated rings. The molecule has 0 saturated carbocycles. The Morgan fingerprint density at radius 1 is 1.08 bits per heavy atom. The van der Waals surface area contributed by atoms with Gasteiger partial charge in [0.05, 0.1) is 5.69 Å². The van der Waals surface area contributed by atoms with Crippen molar-refractivity contribution in [3.05, 3.63) is 59.7 Å². The fourth-order valence-electron chi connectivity index (χ4n) is 2.60. The number of ketones is 1. The molecule has 0 bridgehead atoms. The van der Waals surface area contributed by atoms with Crippen LogP contribution in [0.5, 0.6) is 0 Å². The van der Waals surface area contributed by atoms with Crippen molar-refractivity contribution in [2.24, 2.45) is 5.92 Å². The van der Waals surface area contributed by atoms with E-state index >= 15 is 0 Å². The van der Waals surface area contributed by atoms with Crippen molar-refractivity contribution in [2.75, 3.05) is 0 Å². The van der Waals surface area contributed by atoms with Crippen LogP contribution in [0.1, 0.15) is 69.6 Å². The molecule has 2 nitrogen and oxygen atoms in total. The molecule has 0 radical (unpaired) electrons. The van der Waals surface area contributed by atoms with Crippen LogP contribution in [-0.2, 0) is 5.75 Å². The summed E-state index contributed by atoms with van der Waals surface area (Å²) in [5.41, 5.74) is 1.22. The molecule has 0 unspecified atom stereocenters. The molecule has 1 aromatic carbocycles. The van der Waals surface area contributed by atoms with E-state index in [1.165, 1.54) is 50.4 Å². The molecular formula is C22H30FNOS. The predicted molar refractivity (Wildman–Crippen MR) is 109 cm³/mol. The molecule has 1 aromatic heterocycles. The third-order valence-electron chi connectivity index (χ3n) is 3.94.